The lowest BCUT2D eigenvalue weighted by atomic mass is 10.0. The summed E-state index contributed by atoms with van der Waals surface area (Å²) in [5.74, 6) is 0.332. The summed E-state index contributed by atoms with van der Waals surface area (Å²) in [6.45, 7) is 5.28. The molecule has 7 atom stereocenters. The monoisotopic (exact) mass is 449 g/mol. The van der Waals surface area contributed by atoms with E-state index in [-0.39, 0.29) is 53.8 Å². The van der Waals surface area contributed by atoms with Crippen LogP contribution < -0.4 is 5.32 Å². The fourth-order valence-corrected chi connectivity index (χ4v) is 6.19. The number of nitrogens with one attached hydrogen (secondary N) is 1. The second-order valence-corrected chi connectivity index (χ2v) is 10.1. The summed E-state index contributed by atoms with van der Waals surface area (Å²) in [7, 11) is 1.61. The number of carbonyl (C=O) groups excluding carboxylic acids is 3. The highest BCUT2D eigenvalue weighted by Crippen LogP contribution is 2.48. The minimum Gasteiger partial charge on any atom is -0.355 e. The van der Waals surface area contributed by atoms with Crippen LogP contribution in [0.4, 0.5) is 0 Å². The van der Waals surface area contributed by atoms with E-state index in [4.69, 9.17) is 0 Å². The van der Waals surface area contributed by atoms with Crippen LogP contribution in [0.2, 0.25) is 0 Å². The van der Waals surface area contributed by atoms with E-state index in [9.17, 15) is 19.6 Å². The minimum absolute atomic E-state index is 0.0585. The van der Waals surface area contributed by atoms with Crippen LogP contribution in [-0.2, 0) is 9.59 Å². The van der Waals surface area contributed by atoms with Crippen molar-refractivity contribution < 1.29 is 14.4 Å². The summed E-state index contributed by atoms with van der Waals surface area (Å²) < 4.78 is 0. The smallest absolute Gasteiger partial charge is 0.251 e. The standard InChI is InChI=1S/C25H31N5O3/c1-14(24(32)30-19(11-26)8-18-9-21(18)30)12-28-13-20-10-22(28)25(33)29(20)15(2)16-4-6-17(7-5-16)23(31)27-3/h4-7,14-15,18-22H,8-10,12-13H2,1-3H3,(H,27,31)/t14-,15-,18+,19-,20-,21?,22-/m0/s1. The molecule has 3 saturated heterocycles. The van der Waals surface area contributed by atoms with Gasteiger partial charge in [0.15, 0.2) is 0 Å². The third-order valence-corrected chi connectivity index (χ3v) is 8.05. The van der Waals surface area contributed by atoms with Gasteiger partial charge in [0.25, 0.3) is 5.91 Å². The summed E-state index contributed by atoms with van der Waals surface area (Å²) in [6.07, 6.45) is 2.62. The van der Waals surface area contributed by atoms with Crippen molar-refractivity contribution in [3.63, 3.8) is 0 Å². The molecule has 33 heavy (non-hydrogen) atoms. The number of fused-ring (bicyclic) bond motifs is 3. The quantitative estimate of drug-likeness (QED) is 0.711. The number of hydrogen-bond donors (Lipinski definition) is 1. The molecule has 1 N–H and O–H groups in total. The first-order chi connectivity index (χ1) is 15.8. The van der Waals surface area contributed by atoms with Crippen LogP contribution in [0.15, 0.2) is 24.3 Å². The molecule has 8 nitrogen and oxygen atoms in total. The zero-order chi connectivity index (χ0) is 23.4. The predicted molar refractivity (Wildman–Crippen MR) is 121 cm³/mol. The van der Waals surface area contributed by atoms with Crippen molar-refractivity contribution in [2.45, 2.75) is 63.3 Å². The average Bonchev–Trinajstić information content (AvgIpc) is 3.15. The third-order valence-electron chi connectivity index (χ3n) is 8.05. The van der Waals surface area contributed by atoms with Gasteiger partial charge < -0.3 is 15.1 Å². The highest BCUT2D eigenvalue weighted by atomic mass is 16.2. The Balaban J connectivity index is 1.21. The minimum atomic E-state index is -0.286. The van der Waals surface area contributed by atoms with Gasteiger partial charge in [-0.25, -0.2) is 0 Å². The molecule has 3 aliphatic heterocycles. The van der Waals surface area contributed by atoms with Gasteiger partial charge in [-0.15, -0.1) is 0 Å². The number of nitrogens with zero attached hydrogens (tertiary/aromatic N) is 4. The first-order valence-corrected chi connectivity index (χ1v) is 11.9. The van der Waals surface area contributed by atoms with Crippen molar-refractivity contribution in [3.05, 3.63) is 35.4 Å². The van der Waals surface area contributed by atoms with Gasteiger partial charge in [-0.2, -0.15) is 5.26 Å². The maximum absolute atomic E-state index is 13.3. The Morgan fingerprint density at radius 1 is 1.18 bits per heavy atom. The highest BCUT2D eigenvalue weighted by Gasteiger charge is 2.55. The summed E-state index contributed by atoms with van der Waals surface area (Å²) in [5.41, 5.74) is 1.61. The molecule has 174 valence electrons. The van der Waals surface area contributed by atoms with Gasteiger partial charge in [0.05, 0.1) is 18.2 Å². The number of nitriles is 1. The molecule has 4 fully saturated rings. The highest BCUT2D eigenvalue weighted by molar-refractivity contribution is 5.94. The molecule has 1 aliphatic carbocycles. The Kier molecular flexibility index (Phi) is 5.40. The predicted octanol–water partition coefficient (Wildman–Crippen LogP) is 1.54. The molecule has 2 bridgehead atoms. The fourth-order valence-electron chi connectivity index (χ4n) is 6.19. The first-order valence-electron chi connectivity index (χ1n) is 11.9. The van der Waals surface area contributed by atoms with E-state index in [0.29, 0.717) is 18.0 Å². The molecule has 4 aliphatic rings. The number of amides is 3. The Hall–Kier alpha value is -2.92. The van der Waals surface area contributed by atoms with Crippen molar-refractivity contribution in [2.24, 2.45) is 11.8 Å². The number of rotatable bonds is 6. The summed E-state index contributed by atoms with van der Waals surface area (Å²) in [6, 6.07) is 9.56. The van der Waals surface area contributed by atoms with Gasteiger partial charge >= 0.3 is 0 Å². The molecule has 0 radical (unpaired) electrons. The van der Waals surface area contributed by atoms with Crippen molar-refractivity contribution in [1.29, 1.82) is 5.26 Å². The van der Waals surface area contributed by atoms with Gasteiger partial charge in [0.1, 0.15) is 6.04 Å². The molecular formula is C25H31N5O3. The van der Waals surface area contributed by atoms with Crippen molar-refractivity contribution in [1.82, 2.24) is 20.0 Å². The van der Waals surface area contributed by atoms with Crippen LogP contribution >= 0.6 is 0 Å². The number of piperazine rings is 1. The zero-order valence-electron chi connectivity index (χ0n) is 19.4. The molecule has 1 aromatic carbocycles. The lowest BCUT2D eigenvalue weighted by molar-refractivity contribution is -0.142. The van der Waals surface area contributed by atoms with Crippen molar-refractivity contribution >= 4 is 17.7 Å². The maximum atomic E-state index is 13.3. The summed E-state index contributed by atoms with van der Waals surface area (Å²) in [5, 5.41) is 12.0. The van der Waals surface area contributed by atoms with E-state index < -0.39 is 0 Å². The van der Waals surface area contributed by atoms with E-state index >= 15 is 0 Å². The zero-order valence-corrected chi connectivity index (χ0v) is 19.4. The third kappa shape index (κ3) is 3.59. The Bertz CT molecular complexity index is 1020. The Morgan fingerprint density at radius 2 is 1.91 bits per heavy atom. The molecule has 8 heteroatoms. The lowest BCUT2D eigenvalue weighted by Crippen LogP contribution is -2.53. The van der Waals surface area contributed by atoms with Gasteiger partial charge in [-0.3, -0.25) is 19.3 Å². The van der Waals surface area contributed by atoms with E-state index in [2.05, 4.69) is 16.3 Å². The van der Waals surface area contributed by atoms with E-state index in [1.807, 2.05) is 35.8 Å². The van der Waals surface area contributed by atoms with Gasteiger partial charge in [0.2, 0.25) is 11.8 Å². The van der Waals surface area contributed by atoms with Gasteiger partial charge in [0, 0.05) is 43.7 Å². The number of piperidine rings is 1. The Morgan fingerprint density at radius 3 is 2.55 bits per heavy atom. The molecule has 1 unspecified atom stereocenters. The van der Waals surface area contributed by atoms with Gasteiger partial charge in [-0.1, -0.05) is 19.1 Å². The molecule has 1 saturated carbocycles. The fraction of sp³-hybridized carbons (Fsp3) is 0.600. The van der Waals surface area contributed by atoms with Crippen LogP contribution in [0.5, 0.6) is 0 Å². The molecule has 0 aromatic heterocycles. The summed E-state index contributed by atoms with van der Waals surface area (Å²) in [4.78, 5) is 44.1. The molecule has 3 amide bonds. The van der Waals surface area contributed by atoms with Crippen LogP contribution in [0.1, 0.15) is 55.1 Å². The van der Waals surface area contributed by atoms with E-state index in [1.165, 1.54) is 0 Å². The van der Waals surface area contributed by atoms with E-state index in [1.54, 1.807) is 19.2 Å². The number of carbonyl (C=O) groups is 3. The van der Waals surface area contributed by atoms with Crippen LogP contribution in [0, 0.1) is 23.2 Å². The molecule has 5 rings (SSSR count). The van der Waals surface area contributed by atoms with Crippen LogP contribution in [0.3, 0.4) is 0 Å². The summed E-state index contributed by atoms with van der Waals surface area (Å²) >= 11 is 0. The number of hydrogen-bond acceptors (Lipinski definition) is 5. The normalized spacial score (nSPS) is 31.8. The lowest BCUT2D eigenvalue weighted by Gasteiger charge is -2.38. The topological polar surface area (TPSA) is 96.8 Å². The second-order valence-electron chi connectivity index (χ2n) is 10.1. The Labute approximate surface area is 194 Å². The average molecular weight is 450 g/mol. The number of likely N-dealkylation sites (tertiary alicyclic amines) is 3. The molecule has 3 heterocycles. The molecular weight excluding hydrogens is 418 g/mol. The van der Waals surface area contributed by atoms with Gasteiger partial charge in [-0.05, 0) is 49.8 Å². The molecule has 1 aromatic rings. The maximum Gasteiger partial charge on any atom is 0.251 e. The van der Waals surface area contributed by atoms with E-state index in [0.717, 1.165) is 31.4 Å². The van der Waals surface area contributed by atoms with Crippen molar-refractivity contribution in [3.8, 4) is 6.07 Å². The van der Waals surface area contributed by atoms with Crippen LogP contribution in [-0.4, -0.2) is 76.7 Å². The SMILES string of the molecule is CNC(=O)c1ccc([C@H](C)N2C(=O)[C@@H]3C[C@H]2CN3C[C@H](C)C(=O)N2C3C[C@H]3C[C@H]2C#N)cc1. The van der Waals surface area contributed by atoms with Crippen LogP contribution in [0.25, 0.3) is 0 Å². The molecule has 0 spiro atoms. The first kappa shape index (κ1) is 21.9. The largest absolute Gasteiger partial charge is 0.355 e. The van der Waals surface area contributed by atoms with Crippen molar-refractivity contribution in [2.75, 3.05) is 20.1 Å². The number of benzene rings is 1. The second kappa shape index (κ2) is 8.14.